The molecule has 0 aliphatic carbocycles. The lowest BCUT2D eigenvalue weighted by atomic mass is 10.1. The zero-order valence-corrected chi connectivity index (χ0v) is 12.6. The highest BCUT2D eigenvalue weighted by Gasteiger charge is 2.13. The first kappa shape index (κ1) is 14.0. The molecule has 1 N–H and O–H groups in total. The lowest BCUT2D eigenvalue weighted by Gasteiger charge is -2.25. The molecular weight excluding hydrogens is 256 g/mol. The van der Waals surface area contributed by atoms with Gasteiger partial charge in [0.15, 0.2) is 0 Å². The van der Waals surface area contributed by atoms with Crippen LogP contribution in [0.1, 0.15) is 24.8 Å². The van der Waals surface area contributed by atoms with Gasteiger partial charge in [-0.1, -0.05) is 36.4 Å². The van der Waals surface area contributed by atoms with Crippen LogP contribution in [0.2, 0.25) is 0 Å². The van der Waals surface area contributed by atoms with E-state index in [2.05, 4.69) is 64.8 Å². The molecule has 0 saturated carbocycles. The van der Waals surface area contributed by atoms with Crippen LogP contribution in [0.15, 0.2) is 54.6 Å². The molecule has 2 aromatic carbocycles. The van der Waals surface area contributed by atoms with E-state index >= 15 is 0 Å². The van der Waals surface area contributed by atoms with Gasteiger partial charge in [-0.2, -0.15) is 0 Å². The first-order valence-corrected chi connectivity index (χ1v) is 8.05. The molecule has 0 amide bonds. The van der Waals surface area contributed by atoms with E-state index in [1.807, 2.05) is 0 Å². The van der Waals surface area contributed by atoms with Crippen LogP contribution >= 0.6 is 0 Å². The maximum absolute atomic E-state index is 3.50. The van der Waals surface area contributed by atoms with Crippen LogP contribution in [0, 0.1) is 0 Å². The number of para-hydroxylation sites is 2. The summed E-state index contributed by atoms with van der Waals surface area (Å²) in [7, 11) is 0. The lowest BCUT2D eigenvalue weighted by molar-refractivity contribution is 0.697. The number of hydrogen-bond acceptors (Lipinski definition) is 2. The van der Waals surface area contributed by atoms with Crippen LogP contribution in [0.4, 0.5) is 11.4 Å². The molecule has 2 aromatic rings. The Hall–Kier alpha value is -1.96. The SMILES string of the molecule is c1ccc(NCCCN2CCCCc3ccccc32)cc1. The van der Waals surface area contributed by atoms with Gasteiger partial charge in [0.25, 0.3) is 0 Å². The summed E-state index contributed by atoms with van der Waals surface area (Å²) in [4.78, 5) is 2.56. The topological polar surface area (TPSA) is 15.3 Å². The van der Waals surface area contributed by atoms with Crippen molar-refractivity contribution in [1.82, 2.24) is 0 Å². The van der Waals surface area contributed by atoms with Gasteiger partial charge >= 0.3 is 0 Å². The van der Waals surface area contributed by atoms with Crippen molar-refractivity contribution in [1.29, 1.82) is 0 Å². The highest BCUT2D eigenvalue weighted by atomic mass is 15.1. The van der Waals surface area contributed by atoms with Gasteiger partial charge in [0.1, 0.15) is 0 Å². The Labute approximate surface area is 127 Å². The second kappa shape index (κ2) is 7.16. The highest BCUT2D eigenvalue weighted by Crippen LogP contribution is 2.26. The molecule has 0 radical (unpaired) electrons. The monoisotopic (exact) mass is 280 g/mol. The fraction of sp³-hybridized carbons (Fsp3) is 0.368. The Morgan fingerprint density at radius 2 is 1.71 bits per heavy atom. The number of aryl methyl sites for hydroxylation is 1. The van der Waals surface area contributed by atoms with Gasteiger partial charge in [-0.3, -0.25) is 0 Å². The standard InChI is InChI=1S/C19H24N2/c1-2-11-18(12-3-1)20-14-8-16-21-15-7-6-10-17-9-4-5-13-19(17)21/h1-5,9,11-13,20H,6-8,10,14-16H2. The third-order valence-electron chi connectivity index (χ3n) is 4.16. The predicted molar refractivity (Wildman–Crippen MR) is 91.1 cm³/mol. The molecule has 1 heterocycles. The third kappa shape index (κ3) is 3.78. The Kier molecular flexibility index (Phi) is 4.78. The van der Waals surface area contributed by atoms with Gasteiger partial charge in [-0.05, 0) is 49.4 Å². The van der Waals surface area contributed by atoms with Crippen molar-refractivity contribution in [3.05, 3.63) is 60.2 Å². The molecule has 0 saturated heterocycles. The molecule has 0 aromatic heterocycles. The zero-order valence-electron chi connectivity index (χ0n) is 12.6. The van der Waals surface area contributed by atoms with E-state index in [-0.39, 0.29) is 0 Å². The van der Waals surface area contributed by atoms with Gasteiger partial charge in [-0.15, -0.1) is 0 Å². The van der Waals surface area contributed by atoms with Crippen LogP contribution in [-0.2, 0) is 6.42 Å². The summed E-state index contributed by atoms with van der Waals surface area (Å²) in [5, 5.41) is 3.50. The Morgan fingerprint density at radius 1 is 0.905 bits per heavy atom. The van der Waals surface area contributed by atoms with Gasteiger partial charge in [-0.25, -0.2) is 0 Å². The quantitative estimate of drug-likeness (QED) is 0.820. The fourth-order valence-corrected chi connectivity index (χ4v) is 3.06. The molecule has 0 bridgehead atoms. The summed E-state index contributed by atoms with van der Waals surface area (Å²) in [6, 6.07) is 19.4. The minimum absolute atomic E-state index is 1.03. The molecule has 0 fully saturated rings. The van der Waals surface area contributed by atoms with Gasteiger partial charge in [0, 0.05) is 31.0 Å². The van der Waals surface area contributed by atoms with E-state index in [1.54, 1.807) is 0 Å². The van der Waals surface area contributed by atoms with Crippen LogP contribution in [0.3, 0.4) is 0 Å². The number of nitrogens with one attached hydrogen (secondary N) is 1. The lowest BCUT2D eigenvalue weighted by Crippen LogP contribution is -2.26. The average molecular weight is 280 g/mol. The number of nitrogens with zero attached hydrogens (tertiary/aromatic N) is 1. The van der Waals surface area contributed by atoms with Crippen molar-refractivity contribution in [2.75, 3.05) is 29.9 Å². The van der Waals surface area contributed by atoms with E-state index in [0.29, 0.717) is 0 Å². The number of anilines is 2. The van der Waals surface area contributed by atoms with Crippen molar-refractivity contribution < 1.29 is 0 Å². The summed E-state index contributed by atoms with van der Waals surface area (Å²) in [5.74, 6) is 0. The van der Waals surface area contributed by atoms with Crippen molar-refractivity contribution in [3.63, 3.8) is 0 Å². The molecular formula is C19H24N2. The molecule has 1 aliphatic rings. The molecule has 0 atom stereocenters. The van der Waals surface area contributed by atoms with Crippen molar-refractivity contribution in [2.45, 2.75) is 25.7 Å². The minimum atomic E-state index is 1.03. The molecule has 21 heavy (non-hydrogen) atoms. The first-order valence-electron chi connectivity index (χ1n) is 8.05. The Bertz CT molecular complexity index is 551. The molecule has 3 rings (SSSR count). The third-order valence-corrected chi connectivity index (χ3v) is 4.16. The molecule has 2 nitrogen and oxygen atoms in total. The van der Waals surface area contributed by atoms with E-state index < -0.39 is 0 Å². The number of fused-ring (bicyclic) bond motifs is 1. The van der Waals surface area contributed by atoms with E-state index in [1.165, 1.54) is 49.2 Å². The smallest absolute Gasteiger partial charge is 0.0398 e. The van der Waals surface area contributed by atoms with E-state index in [9.17, 15) is 0 Å². The second-order valence-corrected chi connectivity index (χ2v) is 5.72. The van der Waals surface area contributed by atoms with Crippen molar-refractivity contribution >= 4 is 11.4 Å². The molecule has 2 heteroatoms. The molecule has 1 aliphatic heterocycles. The van der Waals surface area contributed by atoms with Crippen LogP contribution in [0.5, 0.6) is 0 Å². The number of rotatable bonds is 5. The van der Waals surface area contributed by atoms with E-state index in [4.69, 9.17) is 0 Å². The second-order valence-electron chi connectivity index (χ2n) is 5.72. The zero-order chi connectivity index (χ0) is 14.3. The number of hydrogen-bond donors (Lipinski definition) is 1. The maximum atomic E-state index is 3.50. The molecule has 0 spiro atoms. The largest absolute Gasteiger partial charge is 0.385 e. The van der Waals surface area contributed by atoms with Crippen molar-refractivity contribution in [3.8, 4) is 0 Å². The summed E-state index contributed by atoms with van der Waals surface area (Å²) in [6.07, 6.45) is 5.02. The van der Waals surface area contributed by atoms with Crippen LogP contribution < -0.4 is 10.2 Å². The Balaban J connectivity index is 1.53. The fourth-order valence-electron chi connectivity index (χ4n) is 3.06. The van der Waals surface area contributed by atoms with Gasteiger partial charge < -0.3 is 10.2 Å². The maximum Gasteiger partial charge on any atom is 0.0398 e. The molecule has 110 valence electrons. The first-order chi connectivity index (χ1) is 10.4. The summed E-state index contributed by atoms with van der Waals surface area (Å²) in [5.41, 5.74) is 4.19. The predicted octanol–water partition coefficient (Wildman–Crippen LogP) is 4.33. The Morgan fingerprint density at radius 3 is 2.62 bits per heavy atom. The normalized spacial score (nSPS) is 14.4. The molecule has 0 unspecified atom stereocenters. The summed E-state index contributed by atoms with van der Waals surface area (Å²) < 4.78 is 0. The average Bonchev–Trinajstić information content (AvgIpc) is 2.75. The minimum Gasteiger partial charge on any atom is -0.385 e. The van der Waals surface area contributed by atoms with Crippen LogP contribution in [-0.4, -0.2) is 19.6 Å². The number of benzene rings is 2. The summed E-state index contributed by atoms with van der Waals surface area (Å²) in [6.45, 7) is 3.36. The highest BCUT2D eigenvalue weighted by molar-refractivity contribution is 5.54. The summed E-state index contributed by atoms with van der Waals surface area (Å²) >= 11 is 0. The van der Waals surface area contributed by atoms with Gasteiger partial charge in [0.05, 0.1) is 0 Å². The van der Waals surface area contributed by atoms with E-state index in [0.717, 1.165) is 13.1 Å². The van der Waals surface area contributed by atoms with Gasteiger partial charge in [0.2, 0.25) is 0 Å². The van der Waals surface area contributed by atoms with Crippen LogP contribution in [0.25, 0.3) is 0 Å². The van der Waals surface area contributed by atoms with Crippen molar-refractivity contribution in [2.24, 2.45) is 0 Å².